The zero-order chi connectivity index (χ0) is 13.0. The first kappa shape index (κ1) is 13.4. The number of anilines is 2. The third-order valence-corrected chi connectivity index (χ3v) is 4.68. The lowest BCUT2D eigenvalue weighted by Gasteiger charge is -2.34. The van der Waals surface area contributed by atoms with E-state index in [4.69, 9.17) is 5.84 Å². The van der Waals surface area contributed by atoms with Gasteiger partial charge in [-0.05, 0) is 12.8 Å². The Hall–Kier alpha value is -1.01. The van der Waals surface area contributed by atoms with Gasteiger partial charge < -0.3 is 10.3 Å². The molecule has 1 aromatic heterocycles. The molecule has 2 heterocycles. The number of nitrogens with two attached hydrogens (primary N) is 1. The molecule has 5 nitrogen and oxygen atoms in total. The largest absolute Gasteiger partial charge is 0.354 e. The molecule has 6 heteroatoms. The second-order valence-corrected chi connectivity index (χ2v) is 5.78. The first-order valence-electron chi connectivity index (χ1n) is 6.47. The summed E-state index contributed by atoms with van der Waals surface area (Å²) in [5.41, 5.74) is 3.78. The van der Waals surface area contributed by atoms with Crippen LogP contribution in [0.15, 0.2) is 6.33 Å². The Labute approximate surface area is 113 Å². The van der Waals surface area contributed by atoms with Gasteiger partial charge in [0, 0.05) is 29.7 Å². The highest BCUT2D eigenvalue weighted by atomic mass is 32.2. The minimum atomic E-state index is 0.702. The molecule has 1 aromatic rings. The summed E-state index contributed by atoms with van der Waals surface area (Å²) in [5.74, 6) is 8.46. The van der Waals surface area contributed by atoms with E-state index in [2.05, 4.69) is 45.9 Å². The highest BCUT2D eigenvalue weighted by molar-refractivity contribution is 8.00. The van der Waals surface area contributed by atoms with E-state index in [0.717, 1.165) is 42.5 Å². The molecule has 0 radical (unpaired) electrons. The maximum absolute atomic E-state index is 5.52. The summed E-state index contributed by atoms with van der Waals surface area (Å²) >= 11 is 2.06. The van der Waals surface area contributed by atoms with Crippen LogP contribution in [0.3, 0.4) is 0 Å². The third-order valence-electron chi connectivity index (χ3n) is 3.31. The number of thioether (sulfide) groups is 1. The average Bonchev–Trinajstić information content (AvgIpc) is 2.46. The summed E-state index contributed by atoms with van der Waals surface area (Å²) in [6.45, 7) is 6.47. The van der Waals surface area contributed by atoms with Crippen LogP contribution in [0.1, 0.15) is 25.8 Å². The fourth-order valence-corrected chi connectivity index (χ4v) is 3.46. The smallest absolute Gasteiger partial charge is 0.148 e. The number of aromatic nitrogens is 2. The molecule has 0 aromatic carbocycles. The quantitative estimate of drug-likeness (QED) is 0.639. The zero-order valence-corrected chi connectivity index (χ0v) is 11.8. The predicted octanol–water partition coefficient (Wildman–Crippen LogP) is 1.66. The van der Waals surface area contributed by atoms with Gasteiger partial charge in [0.1, 0.15) is 18.0 Å². The van der Waals surface area contributed by atoms with Crippen molar-refractivity contribution in [3.05, 3.63) is 11.9 Å². The molecule has 1 saturated heterocycles. The van der Waals surface area contributed by atoms with E-state index >= 15 is 0 Å². The summed E-state index contributed by atoms with van der Waals surface area (Å²) in [5, 5.41) is 0.702. The summed E-state index contributed by atoms with van der Waals surface area (Å²) in [7, 11) is 0. The Kier molecular flexibility index (Phi) is 4.66. The fourth-order valence-electron chi connectivity index (χ4n) is 2.28. The van der Waals surface area contributed by atoms with Gasteiger partial charge in [0.05, 0.1) is 0 Å². The van der Waals surface area contributed by atoms with Crippen molar-refractivity contribution in [1.82, 2.24) is 9.97 Å². The van der Waals surface area contributed by atoms with Crippen LogP contribution in [0.4, 0.5) is 11.6 Å². The minimum Gasteiger partial charge on any atom is -0.354 e. The van der Waals surface area contributed by atoms with Crippen LogP contribution in [0, 0.1) is 0 Å². The van der Waals surface area contributed by atoms with E-state index < -0.39 is 0 Å². The van der Waals surface area contributed by atoms with Crippen molar-refractivity contribution in [3.8, 4) is 0 Å². The molecule has 0 bridgehead atoms. The number of nitrogen functional groups attached to an aromatic ring is 1. The number of hydrogen-bond acceptors (Lipinski definition) is 6. The van der Waals surface area contributed by atoms with Crippen molar-refractivity contribution in [1.29, 1.82) is 0 Å². The maximum Gasteiger partial charge on any atom is 0.148 e. The van der Waals surface area contributed by atoms with E-state index in [1.807, 2.05) is 0 Å². The highest BCUT2D eigenvalue weighted by Crippen LogP contribution is 2.29. The lowest BCUT2D eigenvalue weighted by Crippen LogP contribution is -2.39. The van der Waals surface area contributed by atoms with Crippen LogP contribution in [-0.4, -0.2) is 34.1 Å². The van der Waals surface area contributed by atoms with Crippen molar-refractivity contribution in [2.45, 2.75) is 31.9 Å². The molecule has 3 N–H and O–H groups in total. The van der Waals surface area contributed by atoms with Crippen molar-refractivity contribution in [2.24, 2.45) is 5.84 Å². The molecule has 1 atom stereocenters. The first-order valence-corrected chi connectivity index (χ1v) is 7.52. The lowest BCUT2D eigenvalue weighted by molar-refractivity contribution is 0.714. The molecule has 1 fully saturated rings. The van der Waals surface area contributed by atoms with Crippen LogP contribution >= 0.6 is 11.8 Å². The van der Waals surface area contributed by atoms with Crippen molar-refractivity contribution in [3.63, 3.8) is 0 Å². The summed E-state index contributed by atoms with van der Waals surface area (Å²) in [6, 6.07) is 0. The number of nitrogens with one attached hydrogen (secondary N) is 1. The van der Waals surface area contributed by atoms with E-state index in [1.54, 1.807) is 6.33 Å². The van der Waals surface area contributed by atoms with E-state index in [1.165, 1.54) is 6.42 Å². The Bertz CT molecular complexity index is 398. The number of hydrazine groups is 1. The number of nitrogens with zero attached hydrogens (tertiary/aromatic N) is 3. The monoisotopic (exact) mass is 267 g/mol. The molecule has 100 valence electrons. The standard InChI is InChI=1S/C12H21N5S/c1-3-9-7-17(5-6-18-9)12-10(4-2)11(16-13)14-8-15-12/h8-9H,3-7,13H2,1-2H3,(H,14,15,16). The van der Waals surface area contributed by atoms with Gasteiger partial charge in [-0.25, -0.2) is 15.8 Å². The summed E-state index contributed by atoms with van der Waals surface area (Å²) in [4.78, 5) is 11.0. The topological polar surface area (TPSA) is 67.1 Å². The average molecular weight is 267 g/mol. The van der Waals surface area contributed by atoms with E-state index in [0.29, 0.717) is 5.25 Å². The molecule has 1 aliphatic rings. The molecular formula is C12H21N5S. The maximum atomic E-state index is 5.52. The molecule has 1 unspecified atom stereocenters. The van der Waals surface area contributed by atoms with E-state index in [-0.39, 0.29) is 0 Å². The second-order valence-electron chi connectivity index (χ2n) is 4.37. The molecule has 0 aliphatic carbocycles. The van der Waals surface area contributed by atoms with Gasteiger partial charge in [-0.15, -0.1) is 0 Å². The van der Waals surface area contributed by atoms with E-state index in [9.17, 15) is 0 Å². The fraction of sp³-hybridized carbons (Fsp3) is 0.667. The van der Waals surface area contributed by atoms with Crippen LogP contribution in [-0.2, 0) is 6.42 Å². The van der Waals surface area contributed by atoms with Gasteiger partial charge in [-0.3, -0.25) is 0 Å². The number of hydrogen-bond donors (Lipinski definition) is 2. The van der Waals surface area contributed by atoms with Gasteiger partial charge >= 0.3 is 0 Å². The Morgan fingerprint density at radius 1 is 1.50 bits per heavy atom. The molecule has 0 amide bonds. The molecule has 0 spiro atoms. The normalized spacial score (nSPS) is 19.9. The Morgan fingerprint density at radius 3 is 3.00 bits per heavy atom. The van der Waals surface area contributed by atoms with Crippen LogP contribution < -0.4 is 16.2 Å². The van der Waals surface area contributed by atoms with Gasteiger partial charge in [0.15, 0.2) is 0 Å². The van der Waals surface area contributed by atoms with Crippen molar-refractivity contribution >= 4 is 23.4 Å². The third kappa shape index (κ3) is 2.70. The Morgan fingerprint density at radius 2 is 2.33 bits per heavy atom. The summed E-state index contributed by atoms with van der Waals surface area (Å²) < 4.78 is 0. The zero-order valence-electron chi connectivity index (χ0n) is 11.0. The predicted molar refractivity (Wildman–Crippen MR) is 78.0 cm³/mol. The van der Waals surface area contributed by atoms with Crippen molar-refractivity contribution < 1.29 is 0 Å². The number of rotatable bonds is 4. The summed E-state index contributed by atoms with van der Waals surface area (Å²) in [6.07, 6.45) is 3.68. The lowest BCUT2D eigenvalue weighted by atomic mass is 10.2. The SMILES string of the molecule is CCc1c(NN)ncnc1N1CCSC(CC)C1. The van der Waals surface area contributed by atoms with Gasteiger partial charge in [0.2, 0.25) is 0 Å². The molecule has 0 saturated carbocycles. The van der Waals surface area contributed by atoms with Crippen LogP contribution in [0.2, 0.25) is 0 Å². The highest BCUT2D eigenvalue weighted by Gasteiger charge is 2.22. The van der Waals surface area contributed by atoms with Crippen LogP contribution in [0.25, 0.3) is 0 Å². The minimum absolute atomic E-state index is 0.702. The molecule has 18 heavy (non-hydrogen) atoms. The van der Waals surface area contributed by atoms with Crippen LogP contribution in [0.5, 0.6) is 0 Å². The van der Waals surface area contributed by atoms with Gasteiger partial charge in [0.25, 0.3) is 0 Å². The Balaban J connectivity index is 2.26. The van der Waals surface area contributed by atoms with Gasteiger partial charge in [-0.2, -0.15) is 11.8 Å². The molecular weight excluding hydrogens is 246 g/mol. The second kappa shape index (κ2) is 6.24. The first-order chi connectivity index (χ1) is 8.80. The molecule has 2 rings (SSSR count). The van der Waals surface area contributed by atoms with Gasteiger partial charge in [-0.1, -0.05) is 13.8 Å². The van der Waals surface area contributed by atoms with Crippen molar-refractivity contribution in [2.75, 3.05) is 29.2 Å². The molecule has 1 aliphatic heterocycles.